The molecule has 0 radical (unpaired) electrons. The van der Waals surface area contributed by atoms with Crippen molar-refractivity contribution in [1.29, 1.82) is 0 Å². The van der Waals surface area contributed by atoms with Crippen LogP contribution in [0.25, 0.3) is 0 Å². The Balaban J connectivity index is 2.14. The van der Waals surface area contributed by atoms with Gasteiger partial charge in [0.1, 0.15) is 12.2 Å². The fourth-order valence-electron chi connectivity index (χ4n) is 5.06. The maximum absolute atomic E-state index is 11.9. The van der Waals surface area contributed by atoms with Gasteiger partial charge in [0, 0.05) is 19.1 Å². The van der Waals surface area contributed by atoms with Crippen LogP contribution in [0.3, 0.4) is 0 Å². The molecule has 0 aromatic rings. The molecule has 5 atom stereocenters. The first kappa shape index (κ1) is 26.0. The predicted octanol–water partition coefficient (Wildman–Crippen LogP) is 4.59. The highest BCUT2D eigenvalue weighted by Crippen LogP contribution is 2.35. The van der Waals surface area contributed by atoms with E-state index in [4.69, 9.17) is 24.1 Å². The first-order chi connectivity index (χ1) is 14.3. The standard InChI is InChI=1S/C22H45NO5Si2/c1-7-29(8-2,9-3)25-14-13-18-19(28-30(10-4,11-5)12-6)16-20-22(27-18)17(23)15-21(24)26-20/h17-20,22H,7-16,23H2,1-6H3/t17-,18+,19+,20?,22?/m0/s1. The lowest BCUT2D eigenvalue weighted by atomic mass is 9.90. The van der Waals surface area contributed by atoms with E-state index in [0.717, 1.165) is 42.7 Å². The van der Waals surface area contributed by atoms with Crippen LogP contribution in [0.1, 0.15) is 60.8 Å². The number of hydrogen-bond acceptors (Lipinski definition) is 6. The van der Waals surface area contributed by atoms with Gasteiger partial charge < -0.3 is 24.1 Å². The number of ether oxygens (including phenoxy) is 2. The molecule has 2 aliphatic heterocycles. The van der Waals surface area contributed by atoms with E-state index >= 15 is 0 Å². The van der Waals surface area contributed by atoms with Crippen LogP contribution in [0.4, 0.5) is 0 Å². The van der Waals surface area contributed by atoms with Crippen LogP contribution >= 0.6 is 0 Å². The first-order valence-electron chi connectivity index (χ1n) is 12.2. The van der Waals surface area contributed by atoms with Crippen LogP contribution in [0, 0.1) is 0 Å². The Bertz CT molecular complexity index is 525. The molecule has 0 aliphatic carbocycles. The minimum absolute atomic E-state index is 0.0529. The largest absolute Gasteiger partial charge is 0.459 e. The fourth-order valence-corrected chi connectivity index (χ4v) is 10.6. The minimum Gasteiger partial charge on any atom is -0.459 e. The molecule has 0 aromatic carbocycles. The van der Waals surface area contributed by atoms with Gasteiger partial charge in [-0.05, 0) is 42.7 Å². The SMILES string of the molecule is CC[Si](CC)(CC)OCC[C@H]1OC2C(C[C@H]1O[Si](CC)(CC)CC)OC(=O)C[C@@H]2N. The lowest BCUT2D eigenvalue weighted by Gasteiger charge is -2.47. The lowest BCUT2D eigenvalue weighted by Crippen LogP contribution is -2.61. The maximum Gasteiger partial charge on any atom is 0.307 e. The van der Waals surface area contributed by atoms with Crippen molar-refractivity contribution in [2.45, 2.75) is 128 Å². The van der Waals surface area contributed by atoms with Gasteiger partial charge in [-0.15, -0.1) is 0 Å². The van der Waals surface area contributed by atoms with E-state index in [-0.39, 0.29) is 42.8 Å². The fraction of sp³-hybridized carbons (Fsp3) is 0.955. The Hall–Kier alpha value is -0.256. The van der Waals surface area contributed by atoms with Crippen LogP contribution in [0.5, 0.6) is 0 Å². The summed E-state index contributed by atoms with van der Waals surface area (Å²) in [7, 11) is -3.45. The molecule has 2 unspecified atom stereocenters. The predicted molar refractivity (Wildman–Crippen MR) is 126 cm³/mol. The third-order valence-corrected chi connectivity index (χ3v) is 17.1. The number of carbonyl (C=O) groups excluding carboxylic acids is 1. The van der Waals surface area contributed by atoms with Gasteiger partial charge in [-0.2, -0.15) is 0 Å². The maximum atomic E-state index is 11.9. The Labute approximate surface area is 185 Å². The number of fused-ring (bicyclic) bond motifs is 1. The third kappa shape index (κ3) is 5.95. The third-order valence-electron chi connectivity index (χ3n) is 7.76. The Morgan fingerprint density at radius 3 is 2.07 bits per heavy atom. The summed E-state index contributed by atoms with van der Waals surface area (Å²) in [6, 6.07) is 6.40. The Morgan fingerprint density at radius 2 is 1.53 bits per heavy atom. The topological polar surface area (TPSA) is 80.0 Å². The normalized spacial score (nSPS) is 30.1. The van der Waals surface area contributed by atoms with Crippen LogP contribution in [0.2, 0.25) is 36.3 Å². The Kier molecular flexibility index (Phi) is 10.0. The highest BCUT2D eigenvalue weighted by molar-refractivity contribution is 6.74. The zero-order valence-corrected chi connectivity index (χ0v) is 22.1. The monoisotopic (exact) mass is 459 g/mol. The lowest BCUT2D eigenvalue weighted by molar-refractivity contribution is -0.210. The second kappa shape index (κ2) is 11.6. The number of hydrogen-bond donors (Lipinski definition) is 1. The molecule has 2 rings (SSSR count). The molecule has 2 saturated heterocycles. The molecule has 2 aliphatic rings. The van der Waals surface area contributed by atoms with Crippen molar-refractivity contribution in [2.75, 3.05) is 6.61 Å². The quantitative estimate of drug-likeness (QED) is 0.340. The summed E-state index contributed by atoms with van der Waals surface area (Å²) in [5.74, 6) is -0.220. The zero-order chi connectivity index (χ0) is 22.4. The summed E-state index contributed by atoms with van der Waals surface area (Å²) in [5, 5.41) is 0. The van der Waals surface area contributed by atoms with Crippen molar-refractivity contribution in [2.24, 2.45) is 5.73 Å². The van der Waals surface area contributed by atoms with Crippen molar-refractivity contribution in [3.63, 3.8) is 0 Å². The molecule has 0 saturated carbocycles. The molecular weight excluding hydrogens is 414 g/mol. The van der Waals surface area contributed by atoms with Gasteiger partial charge in [0.15, 0.2) is 16.6 Å². The molecular formula is C22H45NO5Si2. The van der Waals surface area contributed by atoms with Crippen molar-refractivity contribution in [3.05, 3.63) is 0 Å². The average molecular weight is 460 g/mol. The van der Waals surface area contributed by atoms with Gasteiger partial charge in [0.25, 0.3) is 0 Å². The highest BCUT2D eigenvalue weighted by atomic mass is 28.4. The molecule has 30 heavy (non-hydrogen) atoms. The smallest absolute Gasteiger partial charge is 0.307 e. The number of carbonyl (C=O) groups is 1. The second-order valence-electron chi connectivity index (χ2n) is 9.05. The van der Waals surface area contributed by atoms with E-state index < -0.39 is 16.6 Å². The van der Waals surface area contributed by atoms with Gasteiger partial charge in [-0.25, -0.2) is 0 Å². The van der Waals surface area contributed by atoms with Gasteiger partial charge in [-0.3, -0.25) is 4.79 Å². The van der Waals surface area contributed by atoms with E-state index in [1.165, 1.54) is 0 Å². The minimum atomic E-state index is -1.82. The van der Waals surface area contributed by atoms with Crippen LogP contribution < -0.4 is 5.73 Å². The van der Waals surface area contributed by atoms with Crippen LogP contribution in [0.15, 0.2) is 0 Å². The van der Waals surface area contributed by atoms with E-state index in [1.807, 2.05) is 0 Å². The van der Waals surface area contributed by atoms with Gasteiger partial charge in [0.05, 0.1) is 18.6 Å². The van der Waals surface area contributed by atoms with Crippen LogP contribution in [-0.2, 0) is 23.1 Å². The average Bonchev–Trinajstić information content (AvgIpc) is 2.76. The summed E-state index contributed by atoms with van der Waals surface area (Å²) < 4.78 is 25.5. The molecule has 0 amide bonds. The summed E-state index contributed by atoms with van der Waals surface area (Å²) >= 11 is 0. The summed E-state index contributed by atoms with van der Waals surface area (Å²) in [5.41, 5.74) is 6.27. The van der Waals surface area contributed by atoms with Gasteiger partial charge in [-0.1, -0.05) is 41.5 Å². The molecule has 8 heteroatoms. The van der Waals surface area contributed by atoms with Crippen LogP contribution in [-0.4, -0.2) is 59.7 Å². The molecule has 176 valence electrons. The Morgan fingerprint density at radius 1 is 0.967 bits per heavy atom. The summed E-state index contributed by atoms with van der Waals surface area (Å²) in [6.45, 7) is 14.2. The highest BCUT2D eigenvalue weighted by Gasteiger charge is 2.48. The van der Waals surface area contributed by atoms with E-state index in [1.54, 1.807) is 0 Å². The van der Waals surface area contributed by atoms with Crippen molar-refractivity contribution < 1.29 is 23.1 Å². The number of nitrogens with two attached hydrogens (primary N) is 1. The molecule has 0 aromatic heterocycles. The van der Waals surface area contributed by atoms with E-state index in [2.05, 4.69) is 41.5 Å². The summed E-state index contributed by atoms with van der Waals surface area (Å²) in [4.78, 5) is 11.9. The molecule has 0 bridgehead atoms. The summed E-state index contributed by atoms with van der Waals surface area (Å²) in [6.07, 6.45) is 1.08. The van der Waals surface area contributed by atoms with Gasteiger partial charge >= 0.3 is 5.97 Å². The van der Waals surface area contributed by atoms with E-state index in [9.17, 15) is 4.79 Å². The number of rotatable bonds is 12. The molecule has 2 fully saturated rings. The first-order valence-corrected chi connectivity index (χ1v) is 17.3. The zero-order valence-electron chi connectivity index (χ0n) is 20.1. The molecule has 2 heterocycles. The second-order valence-corrected chi connectivity index (χ2v) is 18.6. The van der Waals surface area contributed by atoms with E-state index in [0.29, 0.717) is 13.0 Å². The van der Waals surface area contributed by atoms with Crippen molar-refractivity contribution in [3.8, 4) is 0 Å². The molecule has 0 spiro atoms. The van der Waals surface area contributed by atoms with Crippen molar-refractivity contribution in [1.82, 2.24) is 0 Å². The van der Waals surface area contributed by atoms with Gasteiger partial charge in [0.2, 0.25) is 0 Å². The number of esters is 1. The van der Waals surface area contributed by atoms with Crippen molar-refractivity contribution >= 4 is 22.6 Å². The molecule has 6 nitrogen and oxygen atoms in total. The molecule has 2 N–H and O–H groups in total.